The van der Waals surface area contributed by atoms with Crippen molar-refractivity contribution in [2.75, 3.05) is 9.71 Å². The minimum absolute atomic E-state index is 0.0227. The number of benzene rings is 8. The molecular weight excluding hydrogens is 743 g/mol. The summed E-state index contributed by atoms with van der Waals surface area (Å²) in [5.74, 6) is 0. The molecule has 0 fully saturated rings. The smallest absolute Gasteiger partial charge is 0.333 e. The van der Waals surface area contributed by atoms with Gasteiger partial charge in [0.1, 0.15) is 16.7 Å². The predicted molar refractivity (Wildman–Crippen MR) is 258 cm³/mol. The van der Waals surface area contributed by atoms with Crippen LogP contribution < -0.4 is 20.6 Å². The summed E-state index contributed by atoms with van der Waals surface area (Å²) in [4.78, 5) is 5.09. The Morgan fingerprint density at radius 2 is 1.08 bits per heavy atom. The summed E-state index contributed by atoms with van der Waals surface area (Å²) < 4.78 is 14.1. The van der Waals surface area contributed by atoms with Crippen LogP contribution in [0.1, 0.15) is 52.7 Å². The van der Waals surface area contributed by atoms with Crippen LogP contribution >= 0.6 is 0 Å². The number of anilines is 5. The van der Waals surface area contributed by atoms with Crippen LogP contribution in [0.25, 0.3) is 66.1 Å². The van der Waals surface area contributed by atoms with Gasteiger partial charge >= 0.3 is 6.85 Å². The second kappa shape index (κ2) is 12.8. The van der Waals surface area contributed by atoms with Gasteiger partial charge in [-0.05, 0) is 87.0 Å². The highest BCUT2D eigenvalue weighted by Gasteiger charge is 2.48. The van der Waals surface area contributed by atoms with Crippen molar-refractivity contribution in [1.82, 2.24) is 0 Å². The van der Waals surface area contributed by atoms with E-state index in [2.05, 4.69) is 215 Å². The van der Waals surface area contributed by atoms with Crippen molar-refractivity contribution in [3.05, 3.63) is 175 Å². The zero-order chi connectivity index (χ0) is 41.4. The number of rotatable bonds is 3. The van der Waals surface area contributed by atoms with Crippen molar-refractivity contribution in [2.45, 2.75) is 52.4 Å². The highest BCUT2D eigenvalue weighted by Crippen LogP contribution is 2.53. The molecule has 0 saturated heterocycles. The van der Waals surface area contributed by atoms with Crippen LogP contribution in [0.15, 0.2) is 173 Å². The van der Waals surface area contributed by atoms with Crippen LogP contribution in [0.3, 0.4) is 0 Å². The van der Waals surface area contributed by atoms with E-state index in [1.54, 1.807) is 0 Å². The molecule has 0 atom stereocenters. The Morgan fingerprint density at radius 1 is 0.459 bits per heavy atom. The first-order valence-corrected chi connectivity index (χ1v) is 21.5. The molecule has 0 amide bonds. The van der Waals surface area contributed by atoms with Crippen LogP contribution in [0.4, 0.5) is 28.4 Å². The zero-order valence-electron chi connectivity index (χ0n) is 35.4. The van der Waals surface area contributed by atoms with E-state index in [1.807, 2.05) is 0 Å². The molecule has 4 nitrogen and oxygen atoms in total. The average Bonchev–Trinajstić information content (AvgIpc) is 3.84. The zero-order valence-corrected chi connectivity index (χ0v) is 35.4. The summed E-state index contributed by atoms with van der Waals surface area (Å²) in [6.07, 6.45) is 0. The largest absolute Gasteiger partial charge is 0.455 e. The molecule has 0 N–H and O–H groups in total. The molecule has 0 radical (unpaired) electrons. The van der Waals surface area contributed by atoms with Crippen molar-refractivity contribution in [1.29, 1.82) is 0 Å². The Labute approximate surface area is 356 Å². The lowest BCUT2D eigenvalue weighted by Crippen LogP contribution is -2.61. The predicted octanol–water partition coefficient (Wildman–Crippen LogP) is 14.5. The molecule has 0 bridgehead atoms. The Balaban J connectivity index is 1.27. The van der Waals surface area contributed by atoms with Gasteiger partial charge in [-0.15, -0.1) is 0 Å². The molecule has 2 aliphatic heterocycles. The van der Waals surface area contributed by atoms with E-state index in [0.717, 1.165) is 83.4 Å². The Kier molecular flexibility index (Phi) is 7.52. The molecular formula is C56H45BN2O2. The second-order valence-electron chi connectivity index (χ2n) is 18.9. The molecule has 0 spiro atoms. The van der Waals surface area contributed by atoms with Gasteiger partial charge in [-0.2, -0.15) is 0 Å². The van der Waals surface area contributed by atoms with Gasteiger partial charge in [-0.1, -0.05) is 157 Å². The van der Waals surface area contributed by atoms with Gasteiger partial charge in [-0.25, -0.2) is 0 Å². The van der Waals surface area contributed by atoms with Gasteiger partial charge in [0.05, 0.1) is 11.4 Å². The first-order chi connectivity index (χ1) is 29.5. The average molecular weight is 789 g/mol. The van der Waals surface area contributed by atoms with E-state index in [1.165, 1.54) is 33.2 Å². The third-order valence-corrected chi connectivity index (χ3v) is 13.2. The molecule has 61 heavy (non-hydrogen) atoms. The highest BCUT2D eigenvalue weighted by atomic mass is 16.3. The lowest BCUT2D eigenvalue weighted by atomic mass is 9.43. The van der Waals surface area contributed by atoms with Crippen molar-refractivity contribution >= 4 is 90.1 Å². The van der Waals surface area contributed by atoms with Crippen molar-refractivity contribution in [3.8, 4) is 22.3 Å². The van der Waals surface area contributed by atoms with Gasteiger partial charge in [0.15, 0.2) is 5.58 Å². The van der Waals surface area contributed by atoms with Crippen molar-refractivity contribution in [2.24, 2.45) is 0 Å². The summed E-state index contributed by atoms with van der Waals surface area (Å²) >= 11 is 0. The van der Waals surface area contributed by atoms with Crippen LogP contribution in [-0.4, -0.2) is 6.85 Å². The fourth-order valence-electron chi connectivity index (χ4n) is 10.1. The molecule has 0 saturated carbocycles. The van der Waals surface area contributed by atoms with Gasteiger partial charge in [0.2, 0.25) is 0 Å². The van der Waals surface area contributed by atoms with Crippen molar-refractivity contribution in [3.63, 3.8) is 0 Å². The van der Waals surface area contributed by atoms with Gasteiger partial charge in [0.25, 0.3) is 0 Å². The summed E-state index contributed by atoms with van der Waals surface area (Å²) in [6, 6.07) is 60.0. The lowest BCUT2D eigenvalue weighted by Gasteiger charge is -2.46. The number of para-hydroxylation sites is 3. The number of hydrogen-bond donors (Lipinski definition) is 0. The first kappa shape index (κ1) is 35.9. The maximum Gasteiger partial charge on any atom is 0.333 e. The van der Waals surface area contributed by atoms with E-state index in [0.29, 0.717) is 0 Å². The molecule has 5 heteroatoms. The third kappa shape index (κ3) is 5.26. The molecule has 0 unspecified atom stereocenters. The normalized spacial score (nSPS) is 13.6. The monoisotopic (exact) mass is 788 g/mol. The minimum Gasteiger partial charge on any atom is -0.455 e. The van der Waals surface area contributed by atoms with Gasteiger partial charge in [-0.3, -0.25) is 0 Å². The molecule has 10 aromatic rings. The number of furan rings is 2. The van der Waals surface area contributed by atoms with E-state index < -0.39 is 0 Å². The Morgan fingerprint density at radius 3 is 1.80 bits per heavy atom. The molecule has 2 aromatic heterocycles. The topological polar surface area (TPSA) is 32.8 Å². The van der Waals surface area contributed by atoms with Gasteiger partial charge < -0.3 is 18.5 Å². The number of fused-ring (bicyclic) bond motifs is 12. The fourth-order valence-corrected chi connectivity index (χ4v) is 10.1. The molecule has 2 aliphatic rings. The fraction of sp³-hybridized carbons (Fsp3) is 0.143. The lowest BCUT2D eigenvalue weighted by molar-refractivity contribution is 0.590. The van der Waals surface area contributed by atoms with Crippen molar-refractivity contribution < 1.29 is 8.83 Å². The highest BCUT2D eigenvalue weighted by molar-refractivity contribution is 6.94. The summed E-state index contributed by atoms with van der Waals surface area (Å²) in [6.45, 7) is 13.5. The molecule has 8 aromatic carbocycles. The van der Waals surface area contributed by atoms with E-state index in [-0.39, 0.29) is 17.7 Å². The van der Waals surface area contributed by atoms with Gasteiger partial charge in [0, 0.05) is 55.3 Å². The standard InChI is InChI=1S/C56H45BN2O2/c1-55(2,3)35-24-27-37(28-25-35)59-46-21-13-10-20-41(46)50-51-47(33-43-39-19-12-15-23-49(39)60-53(43)50)58(45-31-26-36(56(4,5)6)32-42(45)34-16-8-7-9-17-34)52-44(57(51)59)30-29-40-38-18-11-14-22-48(38)61-54(40)52/h7-33H,1-6H3. The summed E-state index contributed by atoms with van der Waals surface area (Å²) in [5.41, 5.74) is 18.7. The number of hydrogen-bond acceptors (Lipinski definition) is 4. The maximum absolute atomic E-state index is 7.11. The summed E-state index contributed by atoms with van der Waals surface area (Å²) in [5, 5.41) is 4.41. The van der Waals surface area contributed by atoms with E-state index >= 15 is 0 Å². The first-order valence-electron chi connectivity index (χ1n) is 21.5. The maximum atomic E-state index is 7.11. The van der Waals surface area contributed by atoms with E-state index in [9.17, 15) is 0 Å². The third-order valence-electron chi connectivity index (χ3n) is 13.2. The Bertz CT molecular complexity index is 3400. The molecule has 294 valence electrons. The molecule has 0 aliphatic carbocycles. The molecule has 4 heterocycles. The second-order valence-corrected chi connectivity index (χ2v) is 18.9. The van der Waals surface area contributed by atoms with Crippen LogP contribution in [0.2, 0.25) is 0 Å². The van der Waals surface area contributed by atoms with Crippen LogP contribution in [0.5, 0.6) is 0 Å². The quantitative estimate of drug-likeness (QED) is 0.167. The van der Waals surface area contributed by atoms with Crippen LogP contribution in [-0.2, 0) is 10.8 Å². The summed E-state index contributed by atoms with van der Waals surface area (Å²) in [7, 11) is 0. The van der Waals surface area contributed by atoms with Crippen LogP contribution in [0, 0.1) is 0 Å². The van der Waals surface area contributed by atoms with E-state index in [4.69, 9.17) is 8.83 Å². The Hall–Kier alpha value is -6.98. The number of nitrogens with zero attached hydrogens (tertiary/aromatic N) is 2. The molecule has 12 rings (SSSR count). The SMILES string of the molecule is CC(C)(C)c1ccc(N2B3c4ccc5c(oc6ccccc65)c4N(c4ccc(C(C)(C)C)cc4-c4ccccc4)c4cc5c(oc6ccccc65)c(c43)-c3ccccc32)cc1. The minimum atomic E-state index is -0.212.